The second-order valence-corrected chi connectivity index (χ2v) is 8.25. The lowest BCUT2D eigenvalue weighted by molar-refractivity contribution is 0.348. The standard InChI is InChI=1S/C17H22N4O3S/c1-20-11-8-18-17(20)21-9-5-14(6-10-21)19-25(22,23)15-4-2-3-13-7-12-24-16(13)15/h2-4,8,11,14,19H,5-7,9-10,12H2,1H3. The normalized spacial score (nSPS) is 18.2. The number of anilines is 1. The molecule has 0 atom stereocenters. The van der Waals surface area contributed by atoms with Gasteiger partial charge in [-0.15, -0.1) is 0 Å². The van der Waals surface area contributed by atoms with E-state index in [1.54, 1.807) is 18.3 Å². The van der Waals surface area contributed by atoms with Gasteiger partial charge in [-0.2, -0.15) is 0 Å². The summed E-state index contributed by atoms with van der Waals surface area (Å²) in [5, 5.41) is 0. The van der Waals surface area contributed by atoms with Gasteiger partial charge in [0.1, 0.15) is 10.6 Å². The molecule has 7 nitrogen and oxygen atoms in total. The minimum atomic E-state index is -3.58. The Morgan fingerprint density at radius 3 is 2.80 bits per heavy atom. The fourth-order valence-corrected chi connectivity index (χ4v) is 5.03. The van der Waals surface area contributed by atoms with Gasteiger partial charge in [0.05, 0.1) is 6.61 Å². The van der Waals surface area contributed by atoms with E-state index in [1.165, 1.54) is 0 Å². The second kappa shape index (κ2) is 6.34. The summed E-state index contributed by atoms with van der Waals surface area (Å²) in [6, 6.07) is 5.26. The molecule has 0 spiro atoms. The highest BCUT2D eigenvalue weighted by Crippen LogP contribution is 2.33. The molecule has 1 saturated heterocycles. The van der Waals surface area contributed by atoms with Crippen LogP contribution in [0.25, 0.3) is 0 Å². The van der Waals surface area contributed by atoms with Gasteiger partial charge >= 0.3 is 0 Å². The fraction of sp³-hybridized carbons (Fsp3) is 0.471. The smallest absolute Gasteiger partial charge is 0.244 e. The first-order valence-electron chi connectivity index (χ1n) is 8.54. The molecule has 8 heteroatoms. The lowest BCUT2D eigenvalue weighted by Gasteiger charge is -2.32. The quantitative estimate of drug-likeness (QED) is 0.887. The minimum absolute atomic E-state index is 0.0706. The van der Waals surface area contributed by atoms with Crippen LogP contribution in [-0.2, 0) is 23.5 Å². The number of sulfonamides is 1. The SMILES string of the molecule is Cn1ccnc1N1CCC(NS(=O)(=O)c2cccc3c2OCC3)CC1. The number of ether oxygens (including phenoxy) is 1. The van der Waals surface area contributed by atoms with Crippen molar-refractivity contribution in [3.8, 4) is 5.75 Å². The van der Waals surface area contributed by atoms with E-state index < -0.39 is 10.0 Å². The molecule has 1 N–H and O–H groups in total. The van der Waals surface area contributed by atoms with Crippen LogP contribution in [0.3, 0.4) is 0 Å². The number of fused-ring (bicyclic) bond motifs is 1. The Bertz CT molecular complexity index is 870. The lowest BCUT2D eigenvalue weighted by Crippen LogP contribution is -2.45. The van der Waals surface area contributed by atoms with Crippen LogP contribution < -0.4 is 14.4 Å². The molecule has 134 valence electrons. The molecule has 2 aliphatic heterocycles. The number of hydrogen-bond acceptors (Lipinski definition) is 5. The lowest BCUT2D eigenvalue weighted by atomic mass is 10.1. The van der Waals surface area contributed by atoms with Crippen molar-refractivity contribution in [1.82, 2.24) is 14.3 Å². The molecular formula is C17H22N4O3S. The third kappa shape index (κ3) is 3.11. The predicted molar refractivity (Wildman–Crippen MR) is 94.4 cm³/mol. The molecule has 25 heavy (non-hydrogen) atoms. The molecule has 1 aromatic carbocycles. The summed E-state index contributed by atoms with van der Waals surface area (Å²) in [6.07, 6.45) is 5.96. The van der Waals surface area contributed by atoms with Crippen molar-refractivity contribution in [2.75, 3.05) is 24.6 Å². The average molecular weight is 362 g/mol. The van der Waals surface area contributed by atoms with Crippen molar-refractivity contribution in [2.24, 2.45) is 7.05 Å². The van der Waals surface area contributed by atoms with Gasteiger partial charge in [0.25, 0.3) is 0 Å². The Morgan fingerprint density at radius 2 is 2.08 bits per heavy atom. The van der Waals surface area contributed by atoms with Gasteiger partial charge < -0.3 is 14.2 Å². The minimum Gasteiger partial charge on any atom is -0.492 e. The van der Waals surface area contributed by atoms with Crippen LogP contribution in [0, 0.1) is 0 Å². The highest BCUT2D eigenvalue weighted by atomic mass is 32.2. The maximum absolute atomic E-state index is 12.8. The Labute approximate surface area is 147 Å². The van der Waals surface area contributed by atoms with Gasteiger partial charge in [-0.25, -0.2) is 18.1 Å². The van der Waals surface area contributed by atoms with Crippen molar-refractivity contribution < 1.29 is 13.2 Å². The van der Waals surface area contributed by atoms with Gasteiger partial charge in [0, 0.05) is 45.0 Å². The van der Waals surface area contributed by atoms with E-state index in [0.717, 1.165) is 43.9 Å². The number of aromatic nitrogens is 2. The van der Waals surface area contributed by atoms with E-state index >= 15 is 0 Å². The topological polar surface area (TPSA) is 76.5 Å². The maximum atomic E-state index is 12.8. The summed E-state index contributed by atoms with van der Waals surface area (Å²) in [7, 11) is -1.61. The van der Waals surface area contributed by atoms with E-state index in [1.807, 2.05) is 23.9 Å². The first-order valence-corrected chi connectivity index (χ1v) is 10.0. The first kappa shape index (κ1) is 16.4. The molecule has 0 radical (unpaired) electrons. The molecule has 2 aliphatic rings. The Hall–Kier alpha value is -2.06. The molecular weight excluding hydrogens is 340 g/mol. The van der Waals surface area contributed by atoms with Gasteiger partial charge in [-0.3, -0.25) is 0 Å². The van der Waals surface area contributed by atoms with Crippen molar-refractivity contribution >= 4 is 16.0 Å². The molecule has 0 saturated carbocycles. The fourth-order valence-electron chi connectivity index (χ4n) is 3.54. The third-order valence-corrected chi connectivity index (χ3v) is 6.41. The number of nitrogens with one attached hydrogen (secondary N) is 1. The third-order valence-electron chi connectivity index (χ3n) is 4.86. The molecule has 0 bridgehead atoms. The molecule has 1 fully saturated rings. The number of nitrogens with zero attached hydrogens (tertiary/aromatic N) is 3. The highest BCUT2D eigenvalue weighted by Gasteiger charge is 2.29. The second-order valence-electron chi connectivity index (χ2n) is 6.56. The summed E-state index contributed by atoms with van der Waals surface area (Å²) in [5.41, 5.74) is 0.965. The van der Waals surface area contributed by atoms with E-state index in [-0.39, 0.29) is 10.9 Å². The van der Waals surface area contributed by atoms with E-state index in [2.05, 4.69) is 14.6 Å². The molecule has 0 amide bonds. The monoisotopic (exact) mass is 362 g/mol. The zero-order valence-corrected chi connectivity index (χ0v) is 15.0. The average Bonchev–Trinajstić information content (AvgIpc) is 3.23. The number of rotatable bonds is 4. The van der Waals surface area contributed by atoms with Crippen molar-refractivity contribution in [3.63, 3.8) is 0 Å². The van der Waals surface area contributed by atoms with E-state index in [9.17, 15) is 8.42 Å². The van der Waals surface area contributed by atoms with Crippen LogP contribution >= 0.6 is 0 Å². The molecule has 1 aromatic heterocycles. The van der Waals surface area contributed by atoms with Crippen molar-refractivity contribution in [1.29, 1.82) is 0 Å². The summed E-state index contributed by atoms with van der Waals surface area (Å²) in [6.45, 7) is 2.10. The first-order chi connectivity index (χ1) is 12.0. The van der Waals surface area contributed by atoms with Crippen molar-refractivity contribution in [3.05, 3.63) is 36.2 Å². The van der Waals surface area contributed by atoms with Gasteiger partial charge in [-0.1, -0.05) is 12.1 Å². The summed E-state index contributed by atoms with van der Waals surface area (Å²) in [4.78, 5) is 6.81. The van der Waals surface area contributed by atoms with Crippen LogP contribution in [0.15, 0.2) is 35.5 Å². The number of aryl methyl sites for hydroxylation is 1. The summed E-state index contributed by atoms with van der Waals surface area (Å²) >= 11 is 0. The van der Waals surface area contributed by atoms with Crippen LogP contribution in [0.2, 0.25) is 0 Å². The molecule has 2 aromatic rings. The van der Waals surface area contributed by atoms with Crippen molar-refractivity contribution in [2.45, 2.75) is 30.2 Å². The van der Waals surface area contributed by atoms with Gasteiger partial charge in [-0.05, 0) is 24.5 Å². The Kier molecular flexibility index (Phi) is 4.16. The Morgan fingerprint density at radius 1 is 1.28 bits per heavy atom. The summed E-state index contributed by atoms with van der Waals surface area (Å²) in [5.74, 6) is 1.44. The van der Waals surface area contributed by atoms with E-state index in [0.29, 0.717) is 12.4 Å². The number of piperidine rings is 1. The van der Waals surface area contributed by atoms with Crippen LogP contribution in [0.4, 0.5) is 5.95 Å². The summed E-state index contributed by atoms with van der Waals surface area (Å²) < 4.78 is 36.0. The largest absolute Gasteiger partial charge is 0.492 e. The van der Waals surface area contributed by atoms with Crippen LogP contribution in [0.5, 0.6) is 5.75 Å². The Balaban J connectivity index is 1.45. The molecule has 4 rings (SSSR count). The van der Waals surface area contributed by atoms with E-state index in [4.69, 9.17) is 4.74 Å². The number of hydrogen-bond donors (Lipinski definition) is 1. The highest BCUT2D eigenvalue weighted by molar-refractivity contribution is 7.89. The molecule has 3 heterocycles. The maximum Gasteiger partial charge on any atom is 0.244 e. The van der Waals surface area contributed by atoms with Crippen LogP contribution in [0.1, 0.15) is 18.4 Å². The molecule has 0 aliphatic carbocycles. The predicted octanol–water partition coefficient (Wildman–Crippen LogP) is 1.30. The van der Waals surface area contributed by atoms with Gasteiger partial charge in [0.2, 0.25) is 16.0 Å². The van der Waals surface area contributed by atoms with Gasteiger partial charge in [0.15, 0.2) is 0 Å². The van der Waals surface area contributed by atoms with Crippen LogP contribution in [-0.4, -0.2) is 43.7 Å². The number of benzene rings is 1. The molecule has 0 unspecified atom stereocenters. The zero-order chi connectivity index (χ0) is 17.4. The number of imidazole rings is 1. The zero-order valence-electron chi connectivity index (χ0n) is 14.2. The number of para-hydroxylation sites is 1.